The minimum absolute atomic E-state index is 0.809. The van der Waals surface area contributed by atoms with Crippen LogP contribution < -0.4 is 10.1 Å². The molecule has 0 saturated heterocycles. The summed E-state index contributed by atoms with van der Waals surface area (Å²) >= 11 is 0. The second-order valence-corrected chi connectivity index (χ2v) is 5.23. The van der Waals surface area contributed by atoms with E-state index in [0.717, 1.165) is 18.0 Å². The Kier molecular flexibility index (Phi) is 3.57. The van der Waals surface area contributed by atoms with Crippen LogP contribution in [0.3, 0.4) is 0 Å². The summed E-state index contributed by atoms with van der Waals surface area (Å²) in [6.45, 7) is 3.00. The Morgan fingerprint density at radius 2 is 1.76 bits per heavy atom. The van der Waals surface area contributed by atoms with Crippen molar-refractivity contribution in [3.8, 4) is 5.75 Å². The molecular formula is C18H20N2O. The Bertz CT molecular complexity index is 718. The molecular weight excluding hydrogens is 260 g/mol. The second-order valence-electron chi connectivity index (χ2n) is 5.23. The standard InChI is InChI=1S/C18H20N2O/c1-13-16-6-4-5-7-17(16)20(2)18(13)12-19-14-8-10-15(21-3)11-9-14/h4-11,19H,12H2,1-3H3. The molecule has 3 nitrogen and oxygen atoms in total. The van der Waals surface area contributed by atoms with Gasteiger partial charge in [-0.25, -0.2) is 0 Å². The number of benzene rings is 2. The van der Waals surface area contributed by atoms with Crippen LogP contribution in [0.25, 0.3) is 10.9 Å². The molecule has 0 aliphatic rings. The Morgan fingerprint density at radius 1 is 1.05 bits per heavy atom. The number of ether oxygens (including phenoxy) is 1. The van der Waals surface area contributed by atoms with Crippen LogP contribution in [-0.2, 0) is 13.6 Å². The number of aromatic nitrogens is 1. The summed E-state index contributed by atoms with van der Waals surface area (Å²) in [4.78, 5) is 0. The van der Waals surface area contributed by atoms with Gasteiger partial charge in [-0.05, 0) is 42.8 Å². The van der Waals surface area contributed by atoms with E-state index >= 15 is 0 Å². The van der Waals surface area contributed by atoms with Gasteiger partial charge in [0.2, 0.25) is 0 Å². The maximum absolute atomic E-state index is 5.18. The fourth-order valence-electron chi connectivity index (χ4n) is 2.78. The molecule has 1 aromatic heterocycles. The lowest BCUT2D eigenvalue weighted by Crippen LogP contribution is -2.05. The van der Waals surface area contributed by atoms with Crippen molar-refractivity contribution >= 4 is 16.6 Å². The van der Waals surface area contributed by atoms with Crippen LogP contribution in [0.5, 0.6) is 5.75 Å². The van der Waals surface area contributed by atoms with E-state index in [1.54, 1.807) is 7.11 Å². The lowest BCUT2D eigenvalue weighted by atomic mass is 10.1. The smallest absolute Gasteiger partial charge is 0.119 e. The summed E-state index contributed by atoms with van der Waals surface area (Å²) in [6, 6.07) is 16.5. The van der Waals surface area contributed by atoms with Gasteiger partial charge in [0, 0.05) is 29.3 Å². The molecule has 0 fully saturated rings. The molecule has 3 heteroatoms. The summed E-state index contributed by atoms with van der Waals surface area (Å²) in [5.41, 5.74) is 5.03. The lowest BCUT2D eigenvalue weighted by Gasteiger charge is -2.10. The minimum atomic E-state index is 0.809. The van der Waals surface area contributed by atoms with Crippen molar-refractivity contribution in [1.82, 2.24) is 4.57 Å². The van der Waals surface area contributed by atoms with E-state index in [0.29, 0.717) is 0 Å². The van der Waals surface area contributed by atoms with Gasteiger partial charge in [-0.2, -0.15) is 0 Å². The monoisotopic (exact) mass is 280 g/mol. The number of anilines is 1. The highest BCUT2D eigenvalue weighted by Gasteiger charge is 2.10. The third-order valence-corrected chi connectivity index (χ3v) is 4.06. The first-order valence-corrected chi connectivity index (χ1v) is 7.11. The molecule has 0 radical (unpaired) electrons. The third kappa shape index (κ3) is 2.47. The van der Waals surface area contributed by atoms with Gasteiger partial charge in [0.15, 0.2) is 0 Å². The van der Waals surface area contributed by atoms with Crippen LogP contribution >= 0.6 is 0 Å². The van der Waals surface area contributed by atoms with E-state index < -0.39 is 0 Å². The Morgan fingerprint density at radius 3 is 2.43 bits per heavy atom. The van der Waals surface area contributed by atoms with Crippen molar-refractivity contribution < 1.29 is 4.74 Å². The number of fused-ring (bicyclic) bond motifs is 1. The van der Waals surface area contributed by atoms with Crippen molar-refractivity contribution in [3.05, 3.63) is 59.8 Å². The predicted molar refractivity (Wildman–Crippen MR) is 88.0 cm³/mol. The van der Waals surface area contributed by atoms with Crippen molar-refractivity contribution in [2.24, 2.45) is 7.05 Å². The van der Waals surface area contributed by atoms with Crippen LogP contribution in [0.15, 0.2) is 48.5 Å². The fourth-order valence-corrected chi connectivity index (χ4v) is 2.78. The lowest BCUT2D eigenvalue weighted by molar-refractivity contribution is 0.415. The summed E-state index contributed by atoms with van der Waals surface area (Å²) in [5, 5.41) is 4.80. The zero-order valence-electron chi connectivity index (χ0n) is 12.7. The van der Waals surface area contributed by atoms with Crippen LogP contribution in [0.2, 0.25) is 0 Å². The number of methoxy groups -OCH3 is 1. The van der Waals surface area contributed by atoms with Gasteiger partial charge >= 0.3 is 0 Å². The number of hydrogen-bond acceptors (Lipinski definition) is 2. The van der Waals surface area contributed by atoms with Gasteiger partial charge in [-0.1, -0.05) is 18.2 Å². The first-order chi connectivity index (χ1) is 10.2. The SMILES string of the molecule is COc1ccc(NCc2c(C)c3ccccc3n2C)cc1. The van der Waals surface area contributed by atoms with E-state index in [1.807, 2.05) is 24.3 Å². The highest BCUT2D eigenvalue weighted by molar-refractivity contribution is 5.85. The molecule has 0 saturated carbocycles. The number of nitrogens with one attached hydrogen (secondary N) is 1. The van der Waals surface area contributed by atoms with Crippen molar-refractivity contribution in [3.63, 3.8) is 0 Å². The summed E-state index contributed by atoms with van der Waals surface area (Å²) < 4.78 is 7.44. The molecule has 0 aliphatic carbocycles. The fraction of sp³-hybridized carbons (Fsp3) is 0.222. The Labute approximate surface area is 125 Å². The first-order valence-electron chi connectivity index (χ1n) is 7.11. The number of aryl methyl sites for hydroxylation is 2. The molecule has 0 atom stereocenters. The van der Waals surface area contributed by atoms with Gasteiger partial charge in [0.25, 0.3) is 0 Å². The number of para-hydroxylation sites is 1. The molecule has 2 aromatic carbocycles. The van der Waals surface area contributed by atoms with E-state index in [4.69, 9.17) is 4.74 Å². The van der Waals surface area contributed by atoms with E-state index in [-0.39, 0.29) is 0 Å². The molecule has 21 heavy (non-hydrogen) atoms. The molecule has 0 bridgehead atoms. The highest BCUT2D eigenvalue weighted by Crippen LogP contribution is 2.25. The summed E-state index contributed by atoms with van der Waals surface area (Å²) in [5.74, 6) is 0.876. The zero-order valence-corrected chi connectivity index (χ0v) is 12.7. The van der Waals surface area contributed by atoms with Crippen molar-refractivity contribution in [2.45, 2.75) is 13.5 Å². The molecule has 3 rings (SSSR count). The molecule has 1 N–H and O–H groups in total. The van der Waals surface area contributed by atoms with E-state index in [2.05, 4.69) is 48.1 Å². The number of nitrogens with zero attached hydrogens (tertiary/aromatic N) is 1. The third-order valence-electron chi connectivity index (χ3n) is 4.06. The predicted octanol–water partition coefficient (Wildman–Crippen LogP) is 4.11. The second kappa shape index (κ2) is 5.52. The number of rotatable bonds is 4. The Hall–Kier alpha value is -2.42. The molecule has 3 aromatic rings. The average molecular weight is 280 g/mol. The molecule has 108 valence electrons. The average Bonchev–Trinajstić information content (AvgIpc) is 2.78. The largest absolute Gasteiger partial charge is 0.497 e. The van der Waals surface area contributed by atoms with Crippen LogP contribution in [-0.4, -0.2) is 11.7 Å². The quantitative estimate of drug-likeness (QED) is 0.778. The van der Waals surface area contributed by atoms with Gasteiger partial charge < -0.3 is 14.6 Å². The molecule has 0 unspecified atom stereocenters. The van der Waals surface area contributed by atoms with Gasteiger partial charge in [-0.15, -0.1) is 0 Å². The molecule has 0 spiro atoms. The van der Waals surface area contributed by atoms with Crippen LogP contribution in [0.4, 0.5) is 5.69 Å². The zero-order chi connectivity index (χ0) is 14.8. The summed E-state index contributed by atoms with van der Waals surface area (Å²) in [7, 11) is 3.81. The van der Waals surface area contributed by atoms with E-state index in [9.17, 15) is 0 Å². The topological polar surface area (TPSA) is 26.2 Å². The van der Waals surface area contributed by atoms with Gasteiger partial charge in [-0.3, -0.25) is 0 Å². The maximum atomic E-state index is 5.18. The summed E-state index contributed by atoms with van der Waals surface area (Å²) in [6.07, 6.45) is 0. The van der Waals surface area contributed by atoms with Gasteiger partial charge in [0.1, 0.15) is 5.75 Å². The molecule has 0 amide bonds. The van der Waals surface area contributed by atoms with Crippen LogP contribution in [0.1, 0.15) is 11.3 Å². The molecule has 1 heterocycles. The van der Waals surface area contributed by atoms with Crippen molar-refractivity contribution in [2.75, 3.05) is 12.4 Å². The highest BCUT2D eigenvalue weighted by atomic mass is 16.5. The normalized spacial score (nSPS) is 10.8. The van der Waals surface area contributed by atoms with Crippen LogP contribution in [0, 0.1) is 6.92 Å². The Balaban J connectivity index is 1.84. The maximum Gasteiger partial charge on any atom is 0.119 e. The van der Waals surface area contributed by atoms with E-state index in [1.165, 1.54) is 22.2 Å². The molecule has 0 aliphatic heterocycles. The van der Waals surface area contributed by atoms with Gasteiger partial charge in [0.05, 0.1) is 13.7 Å². The first kappa shape index (κ1) is 13.6. The number of hydrogen-bond donors (Lipinski definition) is 1. The van der Waals surface area contributed by atoms with Crippen molar-refractivity contribution in [1.29, 1.82) is 0 Å². The minimum Gasteiger partial charge on any atom is -0.497 e.